The van der Waals surface area contributed by atoms with E-state index in [4.69, 9.17) is 0 Å². The number of hydrogen-bond acceptors (Lipinski definition) is 0. The first-order chi connectivity index (χ1) is 5.83. The fourth-order valence-electron chi connectivity index (χ4n) is 1.79. The predicted molar refractivity (Wildman–Crippen MR) is 55.7 cm³/mol. The van der Waals surface area contributed by atoms with Crippen LogP contribution in [0.5, 0.6) is 0 Å². The lowest BCUT2D eigenvalue weighted by molar-refractivity contribution is 1.32. The predicted octanol–water partition coefficient (Wildman–Crippen LogP) is 1.59. The first-order valence-corrected chi connectivity index (χ1v) is 4.39. The number of fused-ring (bicyclic) bond motifs is 1. The molecule has 0 atom stereocenters. The van der Waals surface area contributed by atoms with Gasteiger partial charge in [0, 0.05) is 11.2 Å². The number of para-hydroxylation sites is 1. The number of aromatic amines is 1. The molecule has 0 amide bonds. The van der Waals surface area contributed by atoms with E-state index in [-0.39, 0.29) is 0 Å². The molecule has 0 aliphatic heterocycles. The van der Waals surface area contributed by atoms with Gasteiger partial charge in [0.25, 0.3) is 0 Å². The average molecular weight is 157 g/mol. The van der Waals surface area contributed by atoms with Crippen molar-refractivity contribution >= 4 is 23.6 Å². The number of nitrogens with one attached hydrogen (secondary N) is 1. The molecule has 2 heteroatoms. The molecular weight excluding hydrogens is 145 g/mol. The lowest BCUT2D eigenvalue weighted by atomic mass is 9.72. The second-order valence-electron chi connectivity index (χ2n) is 3.13. The molecule has 12 heavy (non-hydrogen) atoms. The summed E-state index contributed by atoms with van der Waals surface area (Å²) in [7, 11) is 1.11. The van der Waals surface area contributed by atoms with Crippen LogP contribution in [0.1, 0.15) is 5.69 Å². The third-order valence-electron chi connectivity index (χ3n) is 2.38. The van der Waals surface area contributed by atoms with Crippen molar-refractivity contribution in [2.45, 2.75) is 13.7 Å². The van der Waals surface area contributed by atoms with Crippen LogP contribution in [0.4, 0.5) is 0 Å². The van der Waals surface area contributed by atoms with Crippen molar-refractivity contribution in [2.75, 3.05) is 0 Å². The smallest absolute Gasteiger partial charge is 0.157 e. The monoisotopic (exact) mass is 157 g/mol. The Kier molecular flexibility index (Phi) is 1.68. The molecule has 0 aliphatic carbocycles. The van der Waals surface area contributed by atoms with E-state index in [1.807, 2.05) is 0 Å². The summed E-state index contributed by atoms with van der Waals surface area (Å²) in [6.45, 7) is 4.33. The number of hydrogen-bond donors (Lipinski definition) is 1. The van der Waals surface area contributed by atoms with Crippen LogP contribution in [0.2, 0.25) is 6.82 Å². The fourth-order valence-corrected chi connectivity index (χ4v) is 1.79. The number of aryl methyl sites for hydroxylation is 1. The van der Waals surface area contributed by atoms with Crippen LogP contribution in [-0.4, -0.2) is 12.3 Å². The second kappa shape index (κ2) is 2.70. The minimum Gasteiger partial charge on any atom is -0.359 e. The van der Waals surface area contributed by atoms with Crippen molar-refractivity contribution in [3.05, 3.63) is 30.0 Å². The molecule has 0 aliphatic rings. The molecular formula is C10H12BN. The van der Waals surface area contributed by atoms with E-state index < -0.39 is 0 Å². The highest BCUT2D eigenvalue weighted by Crippen LogP contribution is 2.11. The summed E-state index contributed by atoms with van der Waals surface area (Å²) >= 11 is 0. The van der Waals surface area contributed by atoms with E-state index in [0.29, 0.717) is 0 Å². The van der Waals surface area contributed by atoms with Gasteiger partial charge in [0.1, 0.15) is 0 Å². The molecule has 0 spiro atoms. The van der Waals surface area contributed by atoms with Crippen molar-refractivity contribution in [3.63, 3.8) is 0 Å². The molecule has 0 bridgehead atoms. The number of H-pyrrole nitrogens is 1. The Morgan fingerprint density at radius 3 is 2.75 bits per heavy atom. The van der Waals surface area contributed by atoms with Gasteiger partial charge < -0.3 is 4.98 Å². The Hall–Kier alpha value is -1.18. The topological polar surface area (TPSA) is 15.8 Å². The summed E-state index contributed by atoms with van der Waals surface area (Å²) in [5.74, 6) is 0. The van der Waals surface area contributed by atoms with E-state index in [9.17, 15) is 0 Å². The van der Waals surface area contributed by atoms with Crippen LogP contribution in [0.25, 0.3) is 10.9 Å². The van der Waals surface area contributed by atoms with Crippen molar-refractivity contribution in [2.24, 2.45) is 0 Å². The van der Waals surface area contributed by atoms with Gasteiger partial charge in [-0.05, 0) is 18.4 Å². The SMILES string of the molecule is CBc1c(C)[nH]c2ccccc12. The van der Waals surface area contributed by atoms with Crippen LogP contribution < -0.4 is 5.46 Å². The third-order valence-corrected chi connectivity index (χ3v) is 2.38. The molecule has 1 heterocycles. The van der Waals surface area contributed by atoms with Gasteiger partial charge in [-0.15, -0.1) is 0 Å². The Morgan fingerprint density at radius 2 is 2.00 bits per heavy atom. The van der Waals surface area contributed by atoms with E-state index in [1.54, 1.807) is 0 Å². The first-order valence-electron chi connectivity index (χ1n) is 4.39. The maximum Gasteiger partial charge on any atom is 0.157 e. The van der Waals surface area contributed by atoms with Gasteiger partial charge in [-0.2, -0.15) is 0 Å². The standard InChI is InChI=1S/C10H12BN/c1-7-10(11-2)8-5-3-4-6-9(8)12-7/h3-6,11-12H,1-2H3. The molecule has 0 saturated carbocycles. The average Bonchev–Trinajstić information content (AvgIpc) is 2.40. The van der Waals surface area contributed by atoms with Gasteiger partial charge in [0.05, 0.1) is 0 Å². The summed E-state index contributed by atoms with van der Waals surface area (Å²) in [5, 5.41) is 1.37. The zero-order valence-electron chi connectivity index (χ0n) is 7.52. The maximum atomic E-state index is 3.38. The van der Waals surface area contributed by atoms with Crippen LogP contribution in [0.15, 0.2) is 24.3 Å². The second-order valence-corrected chi connectivity index (χ2v) is 3.13. The molecule has 1 aromatic heterocycles. The lowest BCUT2D eigenvalue weighted by Crippen LogP contribution is -2.11. The van der Waals surface area contributed by atoms with Crippen LogP contribution in [0.3, 0.4) is 0 Å². The van der Waals surface area contributed by atoms with Gasteiger partial charge in [-0.1, -0.05) is 30.5 Å². The van der Waals surface area contributed by atoms with Gasteiger partial charge in [0.15, 0.2) is 7.28 Å². The van der Waals surface area contributed by atoms with Crippen molar-refractivity contribution in [3.8, 4) is 0 Å². The summed E-state index contributed by atoms with van der Waals surface area (Å²) in [6, 6.07) is 8.46. The normalized spacial score (nSPS) is 10.5. The fraction of sp³-hybridized carbons (Fsp3) is 0.200. The third kappa shape index (κ3) is 0.952. The van der Waals surface area contributed by atoms with Gasteiger partial charge >= 0.3 is 0 Å². The van der Waals surface area contributed by atoms with Crippen LogP contribution in [0, 0.1) is 6.92 Å². The summed E-state index contributed by atoms with van der Waals surface area (Å²) in [4.78, 5) is 3.38. The number of benzene rings is 1. The van der Waals surface area contributed by atoms with Crippen LogP contribution >= 0.6 is 0 Å². The molecule has 0 fully saturated rings. The molecule has 0 radical (unpaired) electrons. The molecule has 0 unspecified atom stereocenters. The van der Waals surface area contributed by atoms with Crippen molar-refractivity contribution < 1.29 is 0 Å². The van der Waals surface area contributed by atoms with Gasteiger partial charge in [0.2, 0.25) is 0 Å². The minimum absolute atomic E-state index is 1.11. The summed E-state index contributed by atoms with van der Waals surface area (Å²) in [6.07, 6.45) is 0. The zero-order valence-corrected chi connectivity index (χ0v) is 7.52. The maximum absolute atomic E-state index is 3.38. The van der Waals surface area contributed by atoms with E-state index in [1.165, 1.54) is 22.1 Å². The number of rotatable bonds is 1. The Bertz CT molecular complexity index is 403. The van der Waals surface area contributed by atoms with Crippen molar-refractivity contribution in [1.29, 1.82) is 0 Å². The highest BCUT2D eigenvalue weighted by Gasteiger charge is 2.04. The highest BCUT2D eigenvalue weighted by atomic mass is 14.7. The molecule has 2 aromatic rings. The summed E-state index contributed by atoms with van der Waals surface area (Å²) < 4.78 is 0. The Labute approximate surface area is 73.0 Å². The highest BCUT2D eigenvalue weighted by molar-refractivity contribution is 6.56. The molecule has 2 rings (SSSR count). The molecule has 1 aromatic carbocycles. The molecule has 60 valence electrons. The van der Waals surface area contributed by atoms with Gasteiger partial charge in [-0.25, -0.2) is 0 Å². The van der Waals surface area contributed by atoms with E-state index in [0.717, 1.165) is 7.28 Å². The zero-order chi connectivity index (χ0) is 8.55. The van der Waals surface area contributed by atoms with E-state index in [2.05, 4.69) is 43.0 Å². The molecule has 1 nitrogen and oxygen atoms in total. The van der Waals surface area contributed by atoms with E-state index >= 15 is 0 Å². The van der Waals surface area contributed by atoms with Crippen LogP contribution in [-0.2, 0) is 0 Å². The Balaban J connectivity index is 2.81. The Morgan fingerprint density at radius 1 is 1.25 bits per heavy atom. The quantitative estimate of drug-likeness (QED) is 0.605. The van der Waals surface area contributed by atoms with Crippen molar-refractivity contribution in [1.82, 2.24) is 4.98 Å². The molecule has 1 N–H and O–H groups in total. The lowest BCUT2D eigenvalue weighted by Gasteiger charge is -1.92. The summed E-state index contributed by atoms with van der Waals surface area (Å²) in [5.41, 5.74) is 4.01. The molecule has 0 saturated heterocycles. The minimum atomic E-state index is 1.11. The largest absolute Gasteiger partial charge is 0.359 e. The first kappa shape index (κ1) is 7.47. The van der Waals surface area contributed by atoms with Gasteiger partial charge in [-0.3, -0.25) is 0 Å². The number of aromatic nitrogens is 1.